The van der Waals surface area contributed by atoms with Crippen molar-refractivity contribution in [3.8, 4) is 0 Å². The summed E-state index contributed by atoms with van der Waals surface area (Å²) < 4.78 is 4.92. The zero-order valence-electron chi connectivity index (χ0n) is 8.37. The molecule has 0 radical (unpaired) electrons. The van der Waals surface area contributed by atoms with Gasteiger partial charge in [0.15, 0.2) is 0 Å². The Kier molecular flexibility index (Phi) is 2.63. The normalized spacial score (nSPS) is 26.4. The summed E-state index contributed by atoms with van der Waals surface area (Å²) in [6, 6.07) is 0. The van der Waals surface area contributed by atoms with Gasteiger partial charge in [-0.1, -0.05) is 19.3 Å². The minimum Gasteiger partial charge on any atom is -0.448 e. The third-order valence-electron chi connectivity index (χ3n) is 3.41. The minimum absolute atomic E-state index is 0.0715. The number of nitrogens with zero attached hydrogens (tertiary/aromatic N) is 1. The first kappa shape index (κ1) is 9.77. The fraction of sp³-hybridized carbons (Fsp3) is 0.900. The van der Waals surface area contributed by atoms with Crippen molar-refractivity contribution in [3.63, 3.8) is 0 Å². The molecule has 1 saturated carbocycles. The number of hydrogen-bond acceptors (Lipinski definition) is 3. The van der Waals surface area contributed by atoms with Crippen molar-refractivity contribution in [3.05, 3.63) is 0 Å². The second-order valence-corrected chi connectivity index (χ2v) is 4.21. The predicted octanol–water partition coefficient (Wildman–Crippen LogP) is 1.13. The van der Waals surface area contributed by atoms with Crippen molar-refractivity contribution in [1.29, 1.82) is 0 Å². The first-order valence-corrected chi connectivity index (χ1v) is 5.34. The van der Waals surface area contributed by atoms with E-state index in [-0.39, 0.29) is 18.2 Å². The lowest BCUT2D eigenvalue weighted by atomic mass is 9.81. The Morgan fingerprint density at radius 1 is 1.36 bits per heavy atom. The van der Waals surface area contributed by atoms with E-state index in [0.717, 1.165) is 25.7 Å². The van der Waals surface area contributed by atoms with E-state index in [1.807, 2.05) is 0 Å². The van der Waals surface area contributed by atoms with Crippen molar-refractivity contribution in [2.24, 2.45) is 0 Å². The van der Waals surface area contributed by atoms with E-state index in [0.29, 0.717) is 13.2 Å². The number of aliphatic hydroxyl groups excluding tert-OH is 1. The number of carbonyl (C=O) groups is 1. The molecule has 0 atom stereocenters. The van der Waals surface area contributed by atoms with Crippen molar-refractivity contribution in [1.82, 2.24) is 4.90 Å². The highest BCUT2D eigenvalue weighted by atomic mass is 16.6. The highest BCUT2D eigenvalue weighted by molar-refractivity contribution is 5.70. The van der Waals surface area contributed by atoms with Gasteiger partial charge in [0, 0.05) is 0 Å². The largest absolute Gasteiger partial charge is 0.448 e. The molecule has 2 rings (SSSR count). The number of hydrogen-bond donors (Lipinski definition) is 1. The van der Waals surface area contributed by atoms with Crippen LogP contribution in [0.2, 0.25) is 0 Å². The Balaban J connectivity index is 2.13. The van der Waals surface area contributed by atoms with Gasteiger partial charge in [-0.25, -0.2) is 4.79 Å². The summed E-state index contributed by atoms with van der Waals surface area (Å²) in [7, 11) is 0. The van der Waals surface area contributed by atoms with Gasteiger partial charge in [-0.3, -0.25) is 4.90 Å². The van der Waals surface area contributed by atoms with Crippen LogP contribution in [0.1, 0.15) is 32.1 Å². The molecule has 0 unspecified atom stereocenters. The molecular weight excluding hydrogens is 182 g/mol. The van der Waals surface area contributed by atoms with Gasteiger partial charge in [-0.2, -0.15) is 0 Å². The smallest absolute Gasteiger partial charge is 0.410 e. The first-order chi connectivity index (χ1) is 6.78. The van der Waals surface area contributed by atoms with Crippen LogP contribution in [0.3, 0.4) is 0 Å². The van der Waals surface area contributed by atoms with Crippen molar-refractivity contribution >= 4 is 6.09 Å². The average molecular weight is 199 g/mol. The lowest BCUT2D eigenvalue weighted by Gasteiger charge is -2.41. The zero-order valence-corrected chi connectivity index (χ0v) is 8.37. The van der Waals surface area contributed by atoms with E-state index >= 15 is 0 Å². The molecule has 0 aromatic rings. The molecule has 2 fully saturated rings. The SMILES string of the molecule is O=C1OCCN1C1(CO)CCCCC1. The maximum Gasteiger partial charge on any atom is 0.410 e. The summed E-state index contributed by atoms with van der Waals surface area (Å²) in [5.41, 5.74) is -0.314. The molecule has 80 valence electrons. The van der Waals surface area contributed by atoms with Gasteiger partial charge in [-0.15, -0.1) is 0 Å². The molecule has 4 nitrogen and oxygen atoms in total. The van der Waals surface area contributed by atoms with E-state index in [1.54, 1.807) is 4.90 Å². The minimum atomic E-state index is -0.314. The van der Waals surface area contributed by atoms with Gasteiger partial charge in [0.1, 0.15) is 6.61 Å². The lowest BCUT2D eigenvalue weighted by molar-refractivity contribution is 0.0328. The Morgan fingerprint density at radius 2 is 2.07 bits per heavy atom. The molecule has 1 amide bonds. The summed E-state index contributed by atoms with van der Waals surface area (Å²) in [6.45, 7) is 1.18. The fourth-order valence-electron chi connectivity index (χ4n) is 2.55. The highest BCUT2D eigenvalue weighted by Gasteiger charge is 2.43. The topological polar surface area (TPSA) is 49.8 Å². The second kappa shape index (κ2) is 3.77. The number of ether oxygens (including phenoxy) is 1. The van der Waals surface area contributed by atoms with Gasteiger partial charge < -0.3 is 9.84 Å². The molecule has 0 spiro atoms. The third-order valence-corrected chi connectivity index (χ3v) is 3.41. The van der Waals surface area contributed by atoms with E-state index in [1.165, 1.54) is 6.42 Å². The highest BCUT2D eigenvalue weighted by Crippen LogP contribution is 2.34. The van der Waals surface area contributed by atoms with Crippen LogP contribution in [0.5, 0.6) is 0 Å². The zero-order chi connectivity index (χ0) is 10.0. The monoisotopic (exact) mass is 199 g/mol. The van der Waals surface area contributed by atoms with E-state index < -0.39 is 0 Å². The Hall–Kier alpha value is -0.770. The average Bonchev–Trinajstić information content (AvgIpc) is 2.66. The van der Waals surface area contributed by atoms with Crippen molar-refractivity contribution in [2.75, 3.05) is 19.8 Å². The Bertz CT molecular complexity index is 223. The van der Waals surface area contributed by atoms with Gasteiger partial charge >= 0.3 is 6.09 Å². The molecule has 0 aromatic carbocycles. The molecule has 1 aliphatic carbocycles. The molecule has 4 heteroatoms. The summed E-state index contributed by atoms with van der Waals surface area (Å²) in [5.74, 6) is 0. The second-order valence-electron chi connectivity index (χ2n) is 4.21. The van der Waals surface area contributed by atoms with E-state index in [2.05, 4.69) is 0 Å². The Morgan fingerprint density at radius 3 is 2.57 bits per heavy atom. The van der Waals surface area contributed by atoms with Gasteiger partial charge in [0.2, 0.25) is 0 Å². The molecule has 1 saturated heterocycles. The predicted molar refractivity (Wildman–Crippen MR) is 51.0 cm³/mol. The van der Waals surface area contributed by atoms with Gasteiger partial charge in [-0.05, 0) is 12.8 Å². The van der Waals surface area contributed by atoms with Crippen LogP contribution in [0.25, 0.3) is 0 Å². The quantitative estimate of drug-likeness (QED) is 0.725. The molecule has 14 heavy (non-hydrogen) atoms. The maximum atomic E-state index is 11.4. The maximum absolute atomic E-state index is 11.4. The van der Waals surface area contributed by atoms with Crippen LogP contribution >= 0.6 is 0 Å². The molecule has 1 aliphatic heterocycles. The van der Waals surface area contributed by atoms with Crippen molar-refractivity contribution in [2.45, 2.75) is 37.6 Å². The van der Waals surface area contributed by atoms with Crippen LogP contribution in [0.4, 0.5) is 4.79 Å². The molecule has 0 aromatic heterocycles. The van der Waals surface area contributed by atoms with E-state index in [9.17, 15) is 9.90 Å². The standard InChI is InChI=1S/C10H17NO3/c12-8-10(4-2-1-3-5-10)11-6-7-14-9(11)13/h12H,1-8H2. The first-order valence-electron chi connectivity index (χ1n) is 5.34. The Labute approximate surface area is 83.8 Å². The fourth-order valence-corrected chi connectivity index (χ4v) is 2.55. The molecule has 1 heterocycles. The van der Waals surface area contributed by atoms with Crippen LogP contribution in [-0.2, 0) is 4.74 Å². The summed E-state index contributed by atoms with van der Waals surface area (Å²) in [6.07, 6.45) is 5.00. The molecular formula is C10H17NO3. The van der Waals surface area contributed by atoms with Crippen LogP contribution in [-0.4, -0.2) is 41.4 Å². The molecule has 2 aliphatic rings. The lowest BCUT2D eigenvalue weighted by Crippen LogP contribution is -2.53. The number of carbonyl (C=O) groups excluding carboxylic acids is 1. The van der Waals surface area contributed by atoms with Gasteiger partial charge in [0.05, 0.1) is 18.7 Å². The number of cyclic esters (lactones) is 1. The number of amides is 1. The summed E-state index contributed by atoms with van der Waals surface area (Å²) >= 11 is 0. The number of aliphatic hydroxyl groups is 1. The van der Waals surface area contributed by atoms with Crippen LogP contribution in [0, 0.1) is 0 Å². The van der Waals surface area contributed by atoms with Crippen LogP contribution in [0.15, 0.2) is 0 Å². The third kappa shape index (κ3) is 1.47. The molecule has 1 N–H and O–H groups in total. The summed E-state index contributed by atoms with van der Waals surface area (Å²) in [4.78, 5) is 13.2. The number of rotatable bonds is 2. The summed E-state index contributed by atoms with van der Waals surface area (Å²) in [5, 5.41) is 9.47. The van der Waals surface area contributed by atoms with E-state index in [4.69, 9.17) is 4.74 Å². The van der Waals surface area contributed by atoms with Crippen molar-refractivity contribution < 1.29 is 14.6 Å². The van der Waals surface area contributed by atoms with Gasteiger partial charge in [0.25, 0.3) is 0 Å². The molecule has 0 bridgehead atoms. The van der Waals surface area contributed by atoms with Crippen LogP contribution < -0.4 is 0 Å².